The van der Waals surface area contributed by atoms with Crippen LogP contribution in [0, 0.1) is 0 Å². The molecule has 0 fully saturated rings. The fourth-order valence-electron chi connectivity index (χ4n) is 2.73. The SMILES string of the molecule is CC(C)(C)c1ccc(SCC(=O)N2CC(=O)Nc3ccccc32)cc1. The summed E-state index contributed by atoms with van der Waals surface area (Å²) in [6.45, 7) is 6.60. The first kappa shape index (κ1) is 17.5. The zero-order chi connectivity index (χ0) is 18.0. The number of nitrogens with one attached hydrogen (secondary N) is 1. The van der Waals surface area contributed by atoms with Crippen LogP contribution in [0.3, 0.4) is 0 Å². The highest BCUT2D eigenvalue weighted by Crippen LogP contribution is 2.30. The van der Waals surface area contributed by atoms with E-state index >= 15 is 0 Å². The Morgan fingerprint density at radius 2 is 1.80 bits per heavy atom. The summed E-state index contributed by atoms with van der Waals surface area (Å²) in [5.41, 5.74) is 2.83. The molecule has 1 heterocycles. The molecule has 5 heteroatoms. The van der Waals surface area contributed by atoms with Crippen molar-refractivity contribution in [2.24, 2.45) is 0 Å². The van der Waals surface area contributed by atoms with Gasteiger partial charge in [0.2, 0.25) is 11.8 Å². The van der Waals surface area contributed by atoms with Crippen molar-refractivity contribution >= 4 is 35.0 Å². The number of rotatable bonds is 3. The van der Waals surface area contributed by atoms with Gasteiger partial charge in [-0.2, -0.15) is 0 Å². The highest BCUT2D eigenvalue weighted by Gasteiger charge is 2.26. The van der Waals surface area contributed by atoms with Crippen LogP contribution in [-0.2, 0) is 15.0 Å². The zero-order valence-corrected chi connectivity index (χ0v) is 15.5. The minimum Gasteiger partial charge on any atom is -0.323 e. The maximum atomic E-state index is 12.6. The molecule has 0 saturated heterocycles. The van der Waals surface area contributed by atoms with Crippen molar-refractivity contribution in [1.82, 2.24) is 0 Å². The van der Waals surface area contributed by atoms with E-state index in [1.54, 1.807) is 4.90 Å². The van der Waals surface area contributed by atoms with E-state index in [0.29, 0.717) is 11.4 Å². The van der Waals surface area contributed by atoms with Gasteiger partial charge in [-0.15, -0.1) is 11.8 Å². The van der Waals surface area contributed by atoms with Crippen LogP contribution in [0.15, 0.2) is 53.4 Å². The van der Waals surface area contributed by atoms with Gasteiger partial charge in [0.1, 0.15) is 6.54 Å². The maximum Gasteiger partial charge on any atom is 0.244 e. The lowest BCUT2D eigenvalue weighted by Gasteiger charge is -2.29. The normalized spacial score (nSPS) is 14.0. The summed E-state index contributed by atoms with van der Waals surface area (Å²) < 4.78 is 0. The van der Waals surface area contributed by atoms with Crippen molar-refractivity contribution in [3.05, 3.63) is 54.1 Å². The Morgan fingerprint density at radius 3 is 2.48 bits per heavy atom. The van der Waals surface area contributed by atoms with E-state index in [1.165, 1.54) is 17.3 Å². The first-order chi connectivity index (χ1) is 11.8. The Morgan fingerprint density at radius 1 is 1.12 bits per heavy atom. The van der Waals surface area contributed by atoms with Crippen LogP contribution >= 0.6 is 11.8 Å². The van der Waals surface area contributed by atoms with Gasteiger partial charge in [0, 0.05) is 4.90 Å². The number of nitrogens with zero attached hydrogens (tertiary/aromatic N) is 1. The number of amides is 2. The van der Waals surface area contributed by atoms with Crippen LogP contribution in [0.2, 0.25) is 0 Å². The number of hydrogen-bond acceptors (Lipinski definition) is 3. The Labute approximate surface area is 152 Å². The lowest BCUT2D eigenvalue weighted by atomic mass is 9.87. The third-order valence-corrected chi connectivity index (χ3v) is 5.15. The molecule has 0 aromatic heterocycles. The Balaban J connectivity index is 1.68. The number of anilines is 2. The van der Waals surface area contributed by atoms with Crippen molar-refractivity contribution in [1.29, 1.82) is 0 Å². The molecule has 0 aliphatic carbocycles. The first-order valence-electron chi connectivity index (χ1n) is 8.27. The second-order valence-corrected chi connectivity index (χ2v) is 8.16. The fraction of sp³-hybridized carbons (Fsp3) is 0.300. The molecule has 1 aliphatic rings. The molecule has 130 valence electrons. The molecule has 0 unspecified atom stereocenters. The lowest BCUT2D eigenvalue weighted by Crippen LogP contribution is -2.43. The molecule has 1 aliphatic heterocycles. The molecule has 0 bridgehead atoms. The number of para-hydroxylation sites is 2. The van der Waals surface area contributed by atoms with E-state index < -0.39 is 0 Å². The Kier molecular flexibility index (Phi) is 4.86. The van der Waals surface area contributed by atoms with Gasteiger partial charge in [0.25, 0.3) is 0 Å². The molecule has 2 aromatic rings. The molecule has 0 saturated carbocycles. The van der Waals surface area contributed by atoms with Gasteiger partial charge in [0.15, 0.2) is 0 Å². The highest BCUT2D eigenvalue weighted by atomic mass is 32.2. The predicted octanol–water partition coefficient (Wildman–Crippen LogP) is 4.06. The van der Waals surface area contributed by atoms with Gasteiger partial charge < -0.3 is 10.2 Å². The first-order valence-corrected chi connectivity index (χ1v) is 9.26. The van der Waals surface area contributed by atoms with E-state index in [4.69, 9.17) is 0 Å². The average Bonchev–Trinajstić information content (AvgIpc) is 2.58. The largest absolute Gasteiger partial charge is 0.323 e. The van der Waals surface area contributed by atoms with Crippen LogP contribution in [-0.4, -0.2) is 24.1 Å². The average molecular weight is 354 g/mol. The standard InChI is InChI=1S/C20H22N2O2S/c1-20(2,3)14-8-10-15(11-9-14)25-13-19(24)22-12-18(23)21-16-6-4-5-7-17(16)22/h4-11H,12-13H2,1-3H3,(H,21,23). The quantitative estimate of drug-likeness (QED) is 0.846. The molecule has 0 atom stereocenters. The number of carbonyl (C=O) groups is 2. The summed E-state index contributed by atoms with van der Waals surface area (Å²) in [5, 5.41) is 2.80. The van der Waals surface area contributed by atoms with E-state index in [0.717, 1.165) is 10.6 Å². The number of hydrogen-bond donors (Lipinski definition) is 1. The molecular formula is C20H22N2O2S. The molecule has 3 rings (SSSR count). The Hall–Kier alpha value is -2.27. The van der Waals surface area contributed by atoms with E-state index in [1.807, 2.05) is 24.3 Å². The number of thioether (sulfide) groups is 1. The number of benzene rings is 2. The second-order valence-electron chi connectivity index (χ2n) is 7.11. The second kappa shape index (κ2) is 6.92. The van der Waals surface area contributed by atoms with Gasteiger partial charge in [-0.05, 0) is 35.2 Å². The van der Waals surface area contributed by atoms with Crippen LogP contribution < -0.4 is 10.2 Å². The molecule has 4 nitrogen and oxygen atoms in total. The van der Waals surface area contributed by atoms with Crippen LogP contribution in [0.1, 0.15) is 26.3 Å². The minimum atomic E-state index is -0.161. The molecule has 0 radical (unpaired) electrons. The number of fused-ring (bicyclic) bond motifs is 1. The number of carbonyl (C=O) groups excluding carboxylic acids is 2. The summed E-state index contributed by atoms with van der Waals surface area (Å²) in [4.78, 5) is 27.1. The third kappa shape index (κ3) is 4.04. The summed E-state index contributed by atoms with van der Waals surface area (Å²) >= 11 is 1.49. The van der Waals surface area contributed by atoms with Gasteiger partial charge in [0.05, 0.1) is 17.1 Å². The van der Waals surface area contributed by atoms with Crippen molar-refractivity contribution in [3.63, 3.8) is 0 Å². The van der Waals surface area contributed by atoms with Crippen molar-refractivity contribution in [3.8, 4) is 0 Å². The maximum absolute atomic E-state index is 12.6. The van der Waals surface area contributed by atoms with Crippen molar-refractivity contribution in [2.75, 3.05) is 22.5 Å². The van der Waals surface area contributed by atoms with Crippen molar-refractivity contribution in [2.45, 2.75) is 31.1 Å². The van der Waals surface area contributed by atoms with Crippen LogP contribution in [0.25, 0.3) is 0 Å². The molecule has 1 N–H and O–H groups in total. The van der Waals surface area contributed by atoms with E-state index in [9.17, 15) is 9.59 Å². The Bertz CT molecular complexity index is 794. The summed E-state index contributed by atoms with van der Waals surface area (Å²) in [5.74, 6) is 0.0787. The van der Waals surface area contributed by atoms with Gasteiger partial charge in [-0.3, -0.25) is 9.59 Å². The fourth-order valence-corrected chi connectivity index (χ4v) is 3.50. The lowest BCUT2D eigenvalue weighted by molar-refractivity contribution is -0.120. The van der Waals surface area contributed by atoms with Crippen molar-refractivity contribution < 1.29 is 9.59 Å². The highest BCUT2D eigenvalue weighted by molar-refractivity contribution is 8.00. The van der Waals surface area contributed by atoms with Gasteiger partial charge in [-0.25, -0.2) is 0 Å². The van der Waals surface area contributed by atoms with E-state index in [-0.39, 0.29) is 23.8 Å². The third-order valence-electron chi connectivity index (χ3n) is 4.15. The summed E-state index contributed by atoms with van der Waals surface area (Å²) in [7, 11) is 0. The molecular weight excluding hydrogens is 332 g/mol. The summed E-state index contributed by atoms with van der Waals surface area (Å²) in [6.07, 6.45) is 0. The smallest absolute Gasteiger partial charge is 0.244 e. The van der Waals surface area contributed by atoms with Crippen LogP contribution in [0.5, 0.6) is 0 Å². The predicted molar refractivity (Wildman–Crippen MR) is 103 cm³/mol. The van der Waals surface area contributed by atoms with Crippen LogP contribution in [0.4, 0.5) is 11.4 Å². The summed E-state index contributed by atoms with van der Waals surface area (Å²) in [6, 6.07) is 15.7. The molecule has 25 heavy (non-hydrogen) atoms. The molecule has 2 aromatic carbocycles. The van der Waals surface area contributed by atoms with Gasteiger partial charge in [-0.1, -0.05) is 45.0 Å². The minimum absolute atomic E-state index is 0.0628. The van der Waals surface area contributed by atoms with E-state index in [2.05, 4.69) is 50.4 Å². The molecule has 2 amide bonds. The molecule has 0 spiro atoms. The van der Waals surface area contributed by atoms with Gasteiger partial charge >= 0.3 is 0 Å². The monoisotopic (exact) mass is 354 g/mol. The topological polar surface area (TPSA) is 49.4 Å². The zero-order valence-electron chi connectivity index (χ0n) is 14.7.